The van der Waals surface area contributed by atoms with E-state index in [-0.39, 0.29) is 5.91 Å². The Balaban J connectivity index is 1.49. The SMILES string of the molecule is Cn1nc(-c2cccc(Cl)c2)cc1C(=O)N1CCC(O)(c2ccc(Cl)cc2)CC1. The van der Waals surface area contributed by atoms with Gasteiger partial charge < -0.3 is 10.0 Å². The van der Waals surface area contributed by atoms with E-state index in [0.717, 1.165) is 11.1 Å². The lowest BCUT2D eigenvalue weighted by molar-refractivity contribution is -0.0213. The lowest BCUT2D eigenvalue weighted by Crippen LogP contribution is -2.45. The zero-order chi connectivity index (χ0) is 20.6. The number of rotatable bonds is 3. The maximum atomic E-state index is 13.1. The second-order valence-corrected chi connectivity index (χ2v) is 8.25. The van der Waals surface area contributed by atoms with Crippen LogP contribution in [-0.2, 0) is 12.6 Å². The Morgan fingerprint density at radius 3 is 2.38 bits per heavy atom. The highest BCUT2D eigenvalue weighted by atomic mass is 35.5. The van der Waals surface area contributed by atoms with Crippen molar-refractivity contribution >= 4 is 29.1 Å². The molecule has 29 heavy (non-hydrogen) atoms. The molecule has 2 heterocycles. The molecule has 1 aromatic heterocycles. The first kappa shape index (κ1) is 20.0. The lowest BCUT2D eigenvalue weighted by Gasteiger charge is -2.38. The predicted octanol–water partition coefficient (Wildman–Crippen LogP) is 4.52. The quantitative estimate of drug-likeness (QED) is 0.665. The molecule has 5 nitrogen and oxygen atoms in total. The number of hydrogen-bond acceptors (Lipinski definition) is 3. The topological polar surface area (TPSA) is 58.4 Å². The van der Waals surface area contributed by atoms with Crippen molar-refractivity contribution in [2.75, 3.05) is 13.1 Å². The van der Waals surface area contributed by atoms with Crippen molar-refractivity contribution in [1.82, 2.24) is 14.7 Å². The van der Waals surface area contributed by atoms with E-state index in [9.17, 15) is 9.90 Å². The normalized spacial score (nSPS) is 16.1. The highest BCUT2D eigenvalue weighted by Crippen LogP contribution is 2.34. The van der Waals surface area contributed by atoms with Crippen LogP contribution < -0.4 is 0 Å². The van der Waals surface area contributed by atoms with Crippen molar-refractivity contribution in [1.29, 1.82) is 0 Å². The number of carbonyl (C=O) groups is 1. The van der Waals surface area contributed by atoms with Gasteiger partial charge in [-0.25, -0.2) is 0 Å². The molecule has 150 valence electrons. The van der Waals surface area contributed by atoms with Crippen molar-refractivity contribution in [3.63, 3.8) is 0 Å². The predicted molar refractivity (Wildman–Crippen MR) is 114 cm³/mol. The van der Waals surface area contributed by atoms with Crippen molar-refractivity contribution in [2.24, 2.45) is 7.05 Å². The minimum atomic E-state index is -0.945. The number of likely N-dealkylation sites (tertiary alicyclic amines) is 1. The number of aromatic nitrogens is 2. The highest BCUT2D eigenvalue weighted by Gasteiger charge is 2.36. The number of nitrogens with zero attached hydrogens (tertiary/aromatic N) is 3. The van der Waals surface area contributed by atoms with E-state index < -0.39 is 5.60 Å². The summed E-state index contributed by atoms with van der Waals surface area (Å²) in [4.78, 5) is 14.8. The van der Waals surface area contributed by atoms with Crippen molar-refractivity contribution in [3.8, 4) is 11.3 Å². The van der Waals surface area contributed by atoms with Crippen LogP contribution in [0.15, 0.2) is 54.6 Å². The summed E-state index contributed by atoms with van der Waals surface area (Å²) in [7, 11) is 1.76. The Hall–Kier alpha value is -2.34. The van der Waals surface area contributed by atoms with E-state index >= 15 is 0 Å². The molecule has 0 radical (unpaired) electrons. The third-order valence-electron chi connectivity index (χ3n) is 5.48. The molecule has 1 aliphatic rings. The number of halogens is 2. The average molecular weight is 430 g/mol. The van der Waals surface area contributed by atoms with E-state index in [1.165, 1.54) is 0 Å². The van der Waals surface area contributed by atoms with Crippen LogP contribution in [-0.4, -0.2) is 38.8 Å². The second-order valence-electron chi connectivity index (χ2n) is 7.38. The zero-order valence-corrected chi connectivity index (χ0v) is 17.5. The Bertz CT molecular complexity index is 1040. The molecule has 2 aromatic carbocycles. The Morgan fingerprint density at radius 1 is 1.03 bits per heavy atom. The van der Waals surface area contributed by atoms with Crippen LogP contribution in [0.4, 0.5) is 0 Å². The maximum Gasteiger partial charge on any atom is 0.272 e. The van der Waals surface area contributed by atoms with Gasteiger partial charge in [0, 0.05) is 35.7 Å². The van der Waals surface area contributed by atoms with Crippen LogP contribution >= 0.6 is 23.2 Å². The molecule has 0 aliphatic carbocycles. The van der Waals surface area contributed by atoms with Crippen LogP contribution in [0.3, 0.4) is 0 Å². The van der Waals surface area contributed by atoms with Crippen LogP contribution in [0, 0.1) is 0 Å². The van der Waals surface area contributed by atoms with Gasteiger partial charge in [-0.15, -0.1) is 0 Å². The summed E-state index contributed by atoms with van der Waals surface area (Å²) in [6.07, 6.45) is 0.943. The smallest absolute Gasteiger partial charge is 0.272 e. The molecule has 4 rings (SSSR count). The fourth-order valence-corrected chi connectivity index (χ4v) is 4.06. The number of aliphatic hydroxyl groups is 1. The summed E-state index contributed by atoms with van der Waals surface area (Å²) in [5.74, 6) is -0.0913. The van der Waals surface area contributed by atoms with Crippen LogP contribution in [0.1, 0.15) is 28.9 Å². The molecule has 7 heteroatoms. The van der Waals surface area contributed by atoms with E-state index in [1.54, 1.807) is 40.9 Å². The van der Waals surface area contributed by atoms with Gasteiger partial charge in [0.25, 0.3) is 5.91 Å². The number of carbonyl (C=O) groups excluding carboxylic acids is 1. The van der Waals surface area contributed by atoms with Crippen molar-refractivity contribution < 1.29 is 9.90 Å². The van der Waals surface area contributed by atoms with Crippen LogP contribution in [0.25, 0.3) is 11.3 Å². The monoisotopic (exact) mass is 429 g/mol. The standard InChI is InChI=1S/C22H21Cl2N3O2/c1-26-20(14-19(25-26)15-3-2-4-18(24)13-15)21(28)27-11-9-22(29,10-12-27)16-5-7-17(23)8-6-16/h2-8,13-14,29H,9-12H2,1H3. The van der Waals surface area contributed by atoms with Crippen LogP contribution in [0.5, 0.6) is 0 Å². The summed E-state index contributed by atoms with van der Waals surface area (Å²) >= 11 is 12.0. The number of benzene rings is 2. The molecule has 1 amide bonds. The molecule has 0 spiro atoms. The molecule has 0 unspecified atom stereocenters. The number of aryl methyl sites for hydroxylation is 1. The highest BCUT2D eigenvalue weighted by molar-refractivity contribution is 6.31. The van der Waals surface area contributed by atoms with Gasteiger partial charge in [-0.2, -0.15) is 5.10 Å². The molecular weight excluding hydrogens is 409 g/mol. The first-order valence-corrected chi connectivity index (χ1v) is 10.2. The van der Waals surface area contributed by atoms with E-state index in [4.69, 9.17) is 23.2 Å². The van der Waals surface area contributed by atoms with E-state index in [1.807, 2.05) is 30.3 Å². The third kappa shape index (κ3) is 4.04. The van der Waals surface area contributed by atoms with Gasteiger partial charge in [0.2, 0.25) is 0 Å². The van der Waals surface area contributed by atoms with Crippen molar-refractivity contribution in [2.45, 2.75) is 18.4 Å². The molecule has 1 fully saturated rings. The van der Waals surface area contributed by atoms with Gasteiger partial charge in [0.05, 0.1) is 11.3 Å². The van der Waals surface area contributed by atoms with Gasteiger partial charge in [-0.1, -0.05) is 47.5 Å². The maximum absolute atomic E-state index is 13.1. The number of piperidine rings is 1. The van der Waals surface area contributed by atoms with Gasteiger partial charge in [0.15, 0.2) is 0 Å². The number of hydrogen-bond donors (Lipinski definition) is 1. The third-order valence-corrected chi connectivity index (χ3v) is 5.97. The molecular formula is C22H21Cl2N3O2. The van der Waals surface area contributed by atoms with E-state index in [0.29, 0.717) is 47.4 Å². The Kier molecular flexibility index (Phi) is 5.38. The molecule has 0 saturated carbocycles. The van der Waals surface area contributed by atoms with Crippen LogP contribution in [0.2, 0.25) is 10.0 Å². The Morgan fingerprint density at radius 2 is 1.72 bits per heavy atom. The first-order valence-electron chi connectivity index (χ1n) is 9.43. The average Bonchev–Trinajstić information content (AvgIpc) is 3.10. The van der Waals surface area contributed by atoms with Gasteiger partial charge in [-0.3, -0.25) is 9.48 Å². The summed E-state index contributed by atoms with van der Waals surface area (Å²) in [5, 5.41) is 16.8. The fourth-order valence-electron chi connectivity index (χ4n) is 3.75. The molecule has 0 bridgehead atoms. The lowest BCUT2D eigenvalue weighted by atomic mass is 9.84. The molecule has 1 saturated heterocycles. The molecule has 1 aliphatic heterocycles. The summed E-state index contributed by atoms with van der Waals surface area (Å²) in [6, 6.07) is 16.4. The number of amides is 1. The fraction of sp³-hybridized carbons (Fsp3) is 0.273. The minimum Gasteiger partial charge on any atom is -0.385 e. The van der Waals surface area contributed by atoms with Crippen molar-refractivity contribution in [3.05, 3.63) is 75.9 Å². The van der Waals surface area contributed by atoms with Gasteiger partial charge >= 0.3 is 0 Å². The largest absolute Gasteiger partial charge is 0.385 e. The summed E-state index contributed by atoms with van der Waals surface area (Å²) < 4.78 is 1.60. The molecule has 1 N–H and O–H groups in total. The van der Waals surface area contributed by atoms with Gasteiger partial charge in [0.1, 0.15) is 5.69 Å². The molecule has 0 atom stereocenters. The second kappa shape index (κ2) is 7.82. The summed E-state index contributed by atoms with van der Waals surface area (Å²) in [6.45, 7) is 0.936. The first-order chi connectivity index (χ1) is 13.9. The van der Waals surface area contributed by atoms with E-state index in [2.05, 4.69) is 5.10 Å². The summed E-state index contributed by atoms with van der Waals surface area (Å²) in [5.41, 5.74) is 1.96. The Labute approximate surface area is 179 Å². The molecule has 3 aromatic rings. The van der Waals surface area contributed by atoms with Gasteiger partial charge in [-0.05, 0) is 48.7 Å². The minimum absolute atomic E-state index is 0.0913. The zero-order valence-electron chi connectivity index (χ0n) is 16.0.